The van der Waals surface area contributed by atoms with Crippen molar-refractivity contribution >= 4 is 50.8 Å². The molecule has 5 nitrogen and oxygen atoms in total. The van der Waals surface area contributed by atoms with Crippen LogP contribution in [0.3, 0.4) is 0 Å². The molecule has 0 radical (unpaired) electrons. The lowest BCUT2D eigenvalue weighted by atomic mass is 9.87. The molecule has 0 aliphatic rings. The van der Waals surface area contributed by atoms with Crippen LogP contribution in [0.25, 0.3) is 10.2 Å². The molecule has 0 aliphatic carbocycles. The first-order valence-electron chi connectivity index (χ1n) is 11.0. The maximum atomic E-state index is 12.7. The lowest BCUT2D eigenvalue weighted by Crippen LogP contribution is -2.24. The number of hydrogen-bond acceptors (Lipinski definition) is 5. The van der Waals surface area contributed by atoms with Crippen molar-refractivity contribution in [2.45, 2.75) is 37.1 Å². The van der Waals surface area contributed by atoms with Crippen LogP contribution in [0.4, 0.5) is 5.69 Å². The summed E-state index contributed by atoms with van der Waals surface area (Å²) >= 11 is 2.93. The van der Waals surface area contributed by atoms with E-state index in [1.165, 1.54) is 28.7 Å². The van der Waals surface area contributed by atoms with Crippen molar-refractivity contribution < 1.29 is 9.59 Å². The summed E-state index contributed by atoms with van der Waals surface area (Å²) in [7, 11) is 0. The van der Waals surface area contributed by atoms with Gasteiger partial charge in [-0.25, -0.2) is 4.98 Å². The summed E-state index contributed by atoms with van der Waals surface area (Å²) in [5, 5.41) is 5.90. The Morgan fingerprint density at radius 1 is 0.971 bits per heavy atom. The molecule has 0 fully saturated rings. The first-order chi connectivity index (χ1) is 16.3. The van der Waals surface area contributed by atoms with E-state index in [1.54, 1.807) is 0 Å². The zero-order chi connectivity index (χ0) is 24.1. The van der Waals surface area contributed by atoms with E-state index in [0.717, 1.165) is 25.8 Å². The topological polar surface area (TPSA) is 71.1 Å². The second-order valence-corrected chi connectivity index (χ2v) is 11.2. The van der Waals surface area contributed by atoms with Crippen LogP contribution in [0, 0.1) is 0 Å². The van der Waals surface area contributed by atoms with Gasteiger partial charge in [0.1, 0.15) is 0 Å². The van der Waals surface area contributed by atoms with Crippen LogP contribution in [0.15, 0.2) is 77.1 Å². The lowest BCUT2D eigenvalue weighted by molar-refractivity contribution is -0.118. The van der Waals surface area contributed by atoms with Gasteiger partial charge in [-0.15, -0.1) is 11.3 Å². The van der Waals surface area contributed by atoms with Crippen LogP contribution in [0.5, 0.6) is 0 Å². The zero-order valence-corrected chi connectivity index (χ0v) is 21.1. The second kappa shape index (κ2) is 10.4. The molecular formula is C27H27N3O2S2. The molecule has 1 aromatic heterocycles. The molecule has 0 bridgehead atoms. The van der Waals surface area contributed by atoms with Crippen molar-refractivity contribution in [2.75, 3.05) is 11.1 Å². The van der Waals surface area contributed by atoms with Crippen molar-refractivity contribution in [1.29, 1.82) is 0 Å². The highest BCUT2D eigenvalue weighted by molar-refractivity contribution is 8.01. The predicted molar refractivity (Wildman–Crippen MR) is 142 cm³/mol. The van der Waals surface area contributed by atoms with Crippen molar-refractivity contribution in [2.24, 2.45) is 0 Å². The summed E-state index contributed by atoms with van der Waals surface area (Å²) < 4.78 is 1.79. The number of hydrogen-bond donors (Lipinski definition) is 2. The van der Waals surface area contributed by atoms with Crippen LogP contribution in [0.1, 0.15) is 42.3 Å². The minimum atomic E-state index is -0.144. The van der Waals surface area contributed by atoms with E-state index in [9.17, 15) is 9.59 Å². The minimum Gasteiger partial charge on any atom is -0.351 e. The van der Waals surface area contributed by atoms with Gasteiger partial charge in [0.15, 0.2) is 4.34 Å². The fourth-order valence-corrected chi connectivity index (χ4v) is 5.28. The van der Waals surface area contributed by atoms with Gasteiger partial charge in [0.05, 0.1) is 16.0 Å². The summed E-state index contributed by atoms with van der Waals surface area (Å²) in [5.74, 6) is 0.133. The molecule has 0 spiro atoms. The van der Waals surface area contributed by atoms with Crippen molar-refractivity contribution in [3.8, 4) is 0 Å². The first kappa shape index (κ1) is 24.0. The molecule has 4 rings (SSSR count). The van der Waals surface area contributed by atoms with Gasteiger partial charge in [-0.2, -0.15) is 0 Å². The van der Waals surface area contributed by atoms with Gasteiger partial charge < -0.3 is 10.6 Å². The molecule has 0 atom stereocenters. The predicted octanol–water partition coefficient (Wildman–Crippen LogP) is 6.25. The fraction of sp³-hybridized carbons (Fsp3) is 0.222. The van der Waals surface area contributed by atoms with Crippen LogP contribution >= 0.6 is 23.1 Å². The molecule has 1 heterocycles. The van der Waals surface area contributed by atoms with Gasteiger partial charge in [-0.05, 0) is 46.9 Å². The Labute approximate surface area is 208 Å². The molecule has 2 N–H and O–H groups in total. The Balaban J connectivity index is 1.34. The molecular weight excluding hydrogens is 462 g/mol. The van der Waals surface area contributed by atoms with Crippen molar-refractivity contribution in [1.82, 2.24) is 10.3 Å². The maximum Gasteiger partial charge on any atom is 0.255 e. The third-order valence-corrected chi connectivity index (χ3v) is 7.46. The monoisotopic (exact) mass is 489 g/mol. The number of carbonyl (C=O) groups excluding carboxylic acids is 2. The van der Waals surface area contributed by atoms with Crippen molar-refractivity contribution in [3.05, 3.63) is 89.5 Å². The van der Waals surface area contributed by atoms with Crippen LogP contribution in [0.2, 0.25) is 0 Å². The second-order valence-electron chi connectivity index (χ2n) is 8.99. The molecule has 174 valence electrons. The molecule has 0 saturated carbocycles. The number of nitrogens with zero attached hydrogens (tertiary/aromatic N) is 1. The van der Waals surface area contributed by atoms with Crippen LogP contribution < -0.4 is 10.6 Å². The quantitative estimate of drug-likeness (QED) is 0.301. The standard InChI is InChI=1S/C27H27N3O2S2/c1-27(2,3)20-11-9-19(10-12-20)25(32)29-21-13-14-22-23(15-21)34-26(30-22)33-17-24(31)28-16-18-7-5-4-6-8-18/h4-15H,16-17H2,1-3H3,(H,28,31)(H,29,32). The molecule has 0 unspecified atom stereocenters. The Morgan fingerprint density at radius 2 is 1.71 bits per heavy atom. The number of aromatic nitrogens is 1. The molecule has 3 aromatic carbocycles. The van der Waals surface area contributed by atoms with E-state index >= 15 is 0 Å². The minimum absolute atomic E-state index is 0.0291. The van der Waals surface area contributed by atoms with E-state index in [1.807, 2.05) is 72.8 Å². The molecule has 2 amide bonds. The number of thiazole rings is 1. The van der Waals surface area contributed by atoms with Crippen LogP contribution in [-0.2, 0) is 16.8 Å². The number of thioether (sulfide) groups is 1. The highest BCUT2D eigenvalue weighted by atomic mass is 32.2. The smallest absolute Gasteiger partial charge is 0.255 e. The normalized spacial score (nSPS) is 11.4. The molecule has 0 saturated heterocycles. The van der Waals surface area contributed by atoms with E-state index in [-0.39, 0.29) is 17.2 Å². The van der Waals surface area contributed by atoms with Gasteiger partial charge in [0.2, 0.25) is 5.91 Å². The summed E-state index contributed by atoms with van der Waals surface area (Å²) in [4.78, 5) is 29.5. The number of nitrogens with one attached hydrogen (secondary N) is 2. The summed E-state index contributed by atoms with van der Waals surface area (Å²) in [6, 6.07) is 23.2. The molecule has 7 heteroatoms. The summed E-state index contributed by atoms with van der Waals surface area (Å²) in [6.07, 6.45) is 0. The number of benzene rings is 3. The van der Waals surface area contributed by atoms with Gasteiger partial charge >= 0.3 is 0 Å². The van der Waals surface area contributed by atoms with Gasteiger partial charge in [-0.1, -0.05) is 75.0 Å². The number of rotatable bonds is 7. The Kier molecular flexibility index (Phi) is 7.34. The highest BCUT2D eigenvalue weighted by Crippen LogP contribution is 2.31. The van der Waals surface area contributed by atoms with E-state index in [2.05, 4.69) is 36.4 Å². The highest BCUT2D eigenvalue weighted by Gasteiger charge is 2.15. The van der Waals surface area contributed by atoms with Gasteiger partial charge in [-0.3, -0.25) is 9.59 Å². The van der Waals surface area contributed by atoms with Crippen LogP contribution in [-0.4, -0.2) is 22.6 Å². The van der Waals surface area contributed by atoms with Gasteiger partial charge in [0, 0.05) is 17.8 Å². The summed E-state index contributed by atoms with van der Waals surface area (Å²) in [6.45, 7) is 6.96. The largest absolute Gasteiger partial charge is 0.351 e. The maximum absolute atomic E-state index is 12.7. The lowest BCUT2D eigenvalue weighted by Gasteiger charge is -2.19. The van der Waals surface area contributed by atoms with E-state index in [4.69, 9.17) is 0 Å². The summed E-state index contributed by atoms with van der Waals surface area (Å²) in [5.41, 5.74) is 4.50. The zero-order valence-electron chi connectivity index (χ0n) is 19.4. The SMILES string of the molecule is CC(C)(C)c1ccc(C(=O)Nc2ccc3nc(SCC(=O)NCc4ccccc4)sc3c2)cc1. The number of fused-ring (bicyclic) bond motifs is 1. The third-order valence-electron chi connectivity index (χ3n) is 5.30. The average molecular weight is 490 g/mol. The Hall–Kier alpha value is -3.16. The Bertz CT molecular complexity index is 1290. The van der Waals surface area contributed by atoms with E-state index < -0.39 is 0 Å². The number of carbonyl (C=O) groups is 2. The third kappa shape index (κ3) is 6.24. The molecule has 0 aliphatic heterocycles. The molecule has 4 aromatic rings. The average Bonchev–Trinajstić information content (AvgIpc) is 3.24. The number of amides is 2. The Morgan fingerprint density at radius 3 is 2.41 bits per heavy atom. The van der Waals surface area contributed by atoms with Gasteiger partial charge in [0.25, 0.3) is 5.91 Å². The van der Waals surface area contributed by atoms with Crippen molar-refractivity contribution in [3.63, 3.8) is 0 Å². The molecule has 34 heavy (non-hydrogen) atoms. The first-order valence-corrected chi connectivity index (χ1v) is 12.8. The fourth-order valence-electron chi connectivity index (χ4n) is 3.34. The van der Waals surface area contributed by atoms with E-state index in [0.29, 0.717) is 17.9 Å². The number of anilines is 1.